The van der Waals surface area contributed by atoms with Gasteiger partial charge in [-0.1, -0.05) is 155 Å². The van der Waals surface area contributed by atoms with E-state index in [1.807, 2.05) is 0 Å². The van der Waals surface area contributed by atoms with Crippen molar-refractivity contribution < 1.29 is 9.47 Å². The van der Waals surface area contributed by atoms with Crippen LogP contribution in [-0.2, 0) is 27.1 Å². The average Bonchev–Trinajstić information content (AvgIpc) is 3.31. The van der Waals surface area contributed by atoms with Gasteiger partial charge in [-0.15, -0.1) is 0 Å². The minimum Gasteiger partial charge on any atom is -0.457 e. The molecule has 0 fully saturated rings. The van der Waals surface area contributed by atoms with Gasteiger partial charge in [-0.25, -0.2) is 0 Å². The fourth-order valence-electron chi connectivity index (χ4n) is 10.9. The summed E-state index contributed by atoms with van der Waals surface area (Å²) < 4.78 is 13.9. The Morgan fingerprint density at radius 3 is 1.16 bits per heavy atom. The molecule has 3 aliphatic heterocycles. The van der Waals surface area contributed by atoms with Crippen LogP contribution < -0.4 is 9.47 Å². The lowest BCUT2D eigenvalue weighted by atomic mass is 9.62. The van der Waals surface area contributed by atoms with Gasteiger partial charge in [0, 0.05) is 33.4 Å². The van der Waals surface area contributed by atoms with Crippen molar-refractivity contribution in [3.8, 4) is 45.5 Å². The molecule has 0 amide bonds. The Balaban J connectivity index is 1.29. The number of aromatic nitrogens is 2. The summed E-state index contributed by atoms with van der Waals surface area (Å²) in [6.45, 7) is 25.1. The molecule has 5 heterocycles. The molecule has 67 heavy (non-hydrogen) atoms. The Labute approximate surface area is 397 Å². The third kappa shape index (κ3) is 6.61. The Bertz CT molecular complexity index is 3140. The molecule has 6 aromatic carbocycles. The number of pyridine rings is 2. The van der Waals surface area contributed by atoms with E-state index in [-0.39, 0.29) is 16.2 Å². The molecule has 11 rings (SSSR count). The van der Waals surface area contributed by atoms with Crippen molar-refractivity contribution in [3.05, 3.63) is 225 Å². The van der Waals surface area contributed by atoms with Crippen molar-refractivity contribution in [3.63, 3.8) is 0 Å². The molecule has 2 spiro atoms. The zero-order chi connectivity index (χ0) is 46.8. The van der Waals surface area contributed by atoms with Gasteiger partial charge in [-0.05, 0) is 134 Å². The number of hydrogen-bond acceptors (Lipinski definition) is 4. The predicted molar refractivity (Wildman–Crippen MR) is 273 cm³/mol. The van der Waals surface area contributed by atoms with E-state index in [1.165, 1.54) is 22.3 Å². The summed E-state index contributed by atoms with van der Waals surface area (Å²) in [5.41, 5.74) is 15.1. The number of nitrogens with zero attached hydrogens (tertiary/aromatic N) is 2. The minimum atomic E-state index is -0.951. The number of hydrogen-bond donors (Lipinski definition) is 0. The molecule has 4 heteroatoms. The molecule has 0 aliphatic carbocycles. The van der Waals surface area contributed by atoms with Gasteiger partial charge in [0.1, 0.15) is 28.4 Å². The first kappa shape index (κ1) is 42.8. The summed E-state index contributed by atoms with van der Waals surface area (Å²) in [5.74, 6) is 3.65. The van der Waals surface area contributed by atoms with Crippen LogP contribution in [0, 0.1) is 0 Å². The highest BCUT2D eigenvalue weighted by molar-refractivity contribution is 5.76. The monoisotopic (exact) mass is 876 g/mol. The fourth-order valence-corrected chi connectivity index (χ4v) is 10.9. The van der Waals surface area contributed by atoms with Crippen LogP contribution in [0.3, 0.4) is 0 Å². The SMILES string of the molecule is CC(C)c1ccc2c(c1)C1(c3cccc(c3)-c3cccc(n3)C3(c4cccc(n4)-c4cccc1c4)c1cc(C(C)(C)C)ccc1Oc1ccc(C(C)(C)C)cc13)c1cc(C(C)(C)C)ccc1O2. The van der Waals surface area contributed by atoms with Gasteiger partial charge in [0.05, 0.1) is 28.2 Å². The highest BCUT2D eigenvalue weighted by atomic mass is 16.5. The molecule has 0 N–H and O–H groups in total. The highest BCUT2D eigenvalue weighted by Crippen LogP contribution is 2.59. The predicted octanol–water partition coefficient (Wildman–Crippen LogP) is 16.1. The van der Waals surface area contributed by atoms with E-state index in [0.29, 0.717) is 5.92 Å². The summed E-state index contributed by atoms with van der Waals surface area (Å²) in [5, 5.41) is 0. The zero-order valence-corrected chi connectivity index (χ0v) is 40.8. The Hall–Kier alpha value is -6.78. The molecule has 0 radical (unpaired) electrons. The first-order chi connectivity index (χ1) is 31.9. The van der Waals surface area contributed by atoms with Gasteiger partial charge in [0.15, 0.2) is 0 Å². The Morgan fingerprint density at radius 2 is 0.761 bits per heavy atom. The first-order valence-corrected chi connectivity index (χ1v) is 24.0. The average molecular weight is 877 g/mol. The van der Waals surface area contributed by atoms with Crippen molar-refractivity contribution in [1.29, 1.82) is 0 Å². The maximum Gasteiger partial charge on any atom is 0.132 e. The van der Waals surface area contributed by atoms with Gasteiger partial charge in [-0.3, -0.25) is 9.97 Å². The molecule has 8 aromatic rings. The molecule has 4 nitrogen and oxygen atoms in total. The summed E-state index contributed by atoms with van der Waals surface area (Å²) in [4.78, 5) is 11.7. The lowest BCUT2D eigenvalue weighted by molar-refractivity contribution is 0.426. The van der Waals surface area contributed by atoms with Crippen molar-refractivity contribution in [2.45, 2.75) is 109 Å². The fraction of sp³-hybridized carbons (Fsp3) is 0.270. The lowest BCUT2D eigenvalue weighted by Crippen LogP contribution is -2.37. The van der Waals surface area contributed by atoms with Crippen molar-refractivity contribution in [2.24, 2.45) is 0 Å². The second-order valence-corrected chi connectivity index (χ2v) is 22.5. The third-order valence-electron chi connectivity index (χ3n) is 14.7. The number of rotatable bonds is 1. The Kier molecular flexibility index (Phi) is 9.50. The van der Waals surface area contributed by atoms with Crippen molar-refractivity contribution in [1.82, 2.24) is 9.97 Å². The molecular weight excluding hydrogens is 817 g/mol. The maximum atomic E-state index is 6.98. The molecular formula is C63H60N2O2. The van der Waals surface area contributed by atoms with Crippen molar-refractivity contribution >= 4 is 0 Å². The number of fused-ring (bicyclic) bond motifs is 22. The summed E-state index contributed by atoms with van der Waals surface area (Å²) >= 11 is 0. The van der Waals surface area contributed by atoms with Crippen LogP contribution in [0.15, 0.2) is 158 Å². The number of benzene rings is 6. The first-order valence-electron chi connectivity index (χ1n) is 24.0. The lowest BCUT2D eigenvalue weighted by Gasteiger charge is -2.43. The van der Waals surface area contributed by atoms with E-state index in [2.05, 4.69) is 234 Å². The van der Waals surface area contributed by atoms with E-state index in [9.17, 15) is 0 Å². The van der Waals surface area contributed by atoms with E-state index < -0.39 is 10.8 Å². The molecule has 2 aromatic heterocycles. The molecule has 334 valence electrons. The molecule has 8 bridgehead atoms. The quantitative estimate of drug-likeness (QED) is 0.165. The third-order valence-corrected chi connectivity index (χ3v) is 14.7. The van der Waals surface area contributed by atoms with Crippen molar-refractivity contribution in [2.75, 3.05) is 0 Å². The van der Waals surface area contributed by atoms with Crippen LogP contribution in [-0.4, -0.2) is 9.97 Å². The topological polar surface area (TPSA) is 44.2 Å². The largest absolute Gasteiger partial charge is 0.457 e. The van der Waals surface area contributed by atoms with Gasteiger partial charge in [-0.2, -0.15) is 0 Å². The van der Waals surface area contributed by atoms with Crippen LogP contribution in [0.4, 0.5) is 0 Å². The highest BCUT2D eigenvalue weighted by Gasteiger charge is 2.50. The normalized spacial score (nSPS) is 15.1. The van der Waals surface area contributed by atoms with Gasteiger partial charge in [0.25, 0.3) is 0 Å². The minimum absolute atomic E-state index is 0.102. The molecule has 0 unspecified atom stereocenters. The smallest absolute Gasteiger partial charge is 0.132 e. The molecule has 0 saturated carbocycles. The van der Waals surface area contributed by atoms with Gasteiger partial charge >= 0.3 is 0 Å². The van der Waals surface area contributed by atoms with Crippen LogP contribution in [0.1, 0.15) is 149 Å². The second kappa shape index (κ2) is 14.9. The van der Waals surface area contributed by atoms with Gasteiger partial charge < -0.3 is 9.47 Å². The Morgan fingerprint density at radius 1 is 0.388 bits per heavy atom. The molecule has 3 aliphatic rings. The standard InChI is InChI=1S/C63H60N2O2/c1-38(2)39-24-28-53-47(34-39)62(48-35-42(59(3,4)5)25-29-54(48)66-53)45-18-12-16-40(32-45)51-20-14-22-57(64-51)63(58-23-15-21-52(65-58)41-17-13-19-46(62)33-41)49-36-43(60(6,7)8)26-30-55(49)67-56-31-27-44(37-50(56)63)61(9,10)11/h12-38H,1-11H3. The second-order valence-electron chi connectivity index (χ2n) is 22.5. The van der Waals surface area contributed by atoms with E-state index >= 15 is 0 Å². The van der Waals surface area contributed by atoms with Crippen LogP contribution in [0.25, 0.3) is 22.5 Å². The van der Waals surface area contributed by atoms with Crippen LogP contribution in [0.2, 0.25) is 0 Å². The van der Waals surface area contributed by atoms with Gasteiger partial charge in [0.2, 0.25) is 0 Å². The summed E-state index contributed by atoms with van der Waals surface area (Å²) in [6.07, 6.45) is 0. The van der Waals surface area contributed by atoms with Crippen LogP contribution in [0.5, 0.6) is 23.0 Å². The summed E-state index contributed by atoms with van der Waals surface area (Å²) in [6, 6.07) is 58.4. The molecule has 0 atom stereocenters. The number of ether oxygens (including phenoxy) is 2. The van der Waals surface area contributed by atoms with E-state index in [1.54, 1.807) is 0 Å². The summed E-state index contributed by atoms with van der Waals surface area (Å²) in [7, 11) is 0. The van der Waals surface area contributed by atoms with Crippen LogP contribution >= 0.6 is 0 Å². The van der Waals surface area contributed by atoms with E-state index in [0.717, 1.165) is 90.3 Å². The van der Waals surface area contributed by atoms with E-state index in [4.69, 9.17) is 19.4 Å². The maximum absolute atomic E-state index is 6.98. The zero-order valence-electron chi connectivity index (χ0n) is 40.8. The molecule has 0 saturated heterocycles.